The fraction of sp³-hybridized carbons (Fsp3) is 0.300. The van der Waals surface area contributed by atoms with Crippen LogP contribution in [-0.4, -0.2) is 54.4 Å². The van der Waals surface area contributed by atoms with Crippen molar-refractivity contribution in [3.63, 3.8) is 0 Å². The van der Waals surface area contributed by atoms with E-state index >= 15 is 0 Å². The first-order valence-electron chi connectivity index (χ1n) is 8.98. The number of amides is 2. The number of ether oxygens (including phenoxy) is 1. The highest BCUT2D eigenvalue weighted by atomic mass is 19.3. The lowest BCUT2D eigenvalue weighted by molar-refractivity contribution is -0.124. The third-order valence-corrected chi connectivity index (χ3v) is 4.76. The molecule has 154 valence electrons. The summed E-state index contributed by atoms with van der Waals surface area (Å²) in [6.07, 6.45) is 0. The van der Waals surface area contributed by atoms with E-state index < -0.39 is 30.3 Å². The maximum atomic E-state index is 13.2. The summed E-state index contributed by atoms with van der Waals surface area (Å²) in [5, 5.41) is 0. The zero-order valence-corrected chi connectivity index (χ0v) is 15.4. The summed E-state index contributed by atoms with van der Waals surface area (Å²) in [7, 11) is 0. The van der Waals surface area contributed by atoms with Gasteiger partial charge in [-0.15, -0.1) is 0 Å². The van der Waals surface area contributed by atoms with Crippen LogP contribution >= 0.6 is 0 Å². The largest absolute Gasteiger partial charge is 0.434 e. The van der Waals surface area contributed by atoms with Crippen molar-refractivity contribution in [2.45, 2.75) is 12.7 Å². The van der Waals surface area contributed by atoms with Gasteiger partial charge >= 0.3 is 6.61 Å². The predicted octanol–water partition coefficient (Wildman–Crippen LogP) is 2.41. The number of para-hydroxylation sites is 1. The van der Waals surface area contributed by atoms with Gasteiger partial charge in [0.1, 0.15) is 17.6 Å². The van der Waals surface area contributed by atoms with Crippen LogP contribution in [0.15, 0.2) is 48.5 Å². The van der Waals surface area contributed by atoms with E-state index in [1.807, 2.05) is 0 Å². The van der Waals surface area contributed by atoms with Gasteiger partial charge in [0.25, 0.3) is 5.91 Å². The SMILES string of the molecule is NC(=O)C(c1ccc(F)cc1)N1CCN(C(=O)c2ccccc2OC(F)F)CC1. The van der Waals surface area contributed by atoms with Gasteiger partial charge in [-0.3, -0.25) is 14.5 Å². The second-order valence-corrected chi connectivity index (χ2v) is 6.56. The lowest BCUT2D eigenvalue weighted by atomic mass is 10.0. The molecule has 1 fully saturated rings. The normalized spacial score (nSPS) is 15.9. The minimum atomic E-state index is -3.03. The number of carbonyl (C=O) groups excluding carboxylic acids is 2. The highest BCUT2D eigenvalue weighted by Gasteiger charge is 2.31. The van der Waals surface area contributed by atoms with Crippen LogP contribution in [0.25, 0.3) is 0 Å². The van der Waals surface area contributed by atoms with E-state index in [-0.39, 0.29) is 24.4 Å². The van der Waals surface area contributed by atoms with Gasteiger partial charge in [0.2, 0.25) is 5.91 Å². The number of halogens is 3. The first-order valence-corrected chi connectivity index (χ1v) is 8.98. The quantitative estimate of drug-likeness (QED) is 0.798. The average molecular weight is 407 g/mol. The van der Waals surface area contributed by atoms with Crippen molar-refractivity contribution < 1.29 is 27.5 Å². The summed E-state index contributed by atoms with van der Waals surface area (Å²) < 4.78 is 42.8. The van der Waals surface area contributed by atoms with Gasteiger partial charge in [-0.25, -0.2) is 4.39 Å². The molecule has 0 saturated carbocycles. The lowest BCUT2D eigenvalue weighted by Gasteiger charge is -2.38. The Balaban J connectivity index is 1.70. The molecule has 1 atom stereocenters. The maximum Gasteiger partial charge on any atom is 0.387 e. The number of carbonyl (C=O) groups is 2. The van der Waals surface area contributed by atoms with Gasteiger partial charge < -0.3 is 15.4 Å². The predicted molar refractivity (Wildman–Crippen MR) is 98.9 cm³/mol. The topological polar surface area (TPSA) is 75.9 Å². The number of alkyl halides is 2. The molecule has 1 unspecified atom stereocenters. The first-order chi connectivity index (χ1) is 13.9. The Hall–Kier alpha value is -3.07. The molecule has 1 aliphatic rings. The summed E-state index contributed by atoms with van der Waals surface area (Å²) >= 11 is 0. The average Bonchev–Trinajstić information content (AvgIpc) is 2.69. The van der Waals surface area contributed by atoms with Crippen molar-refractivity contribution in [1.82, 2.24) is 9.80 Å². The zero-order valence-electron chi connectivity index (χ0n) is 15.4. The van der Waals surface area contributed by atoms with Crippen molar-refractivity contribution in [2.75, 3.05) is 26.2 Å². The minimum Gasteiger partial charge on any atom is -0.434 e. The lowest BCUT2D eigenvalue weighted by Crippen LogP contribution is -2.51. The Kier molecular flexibility index (Phi) is 6.38. The fourth-order valence-corrected chi connectivity index (χ4v) is 3.40. The van der Waals surface area contributed by atoms with Crippen molar-refractivity contribution in [1.29, 1.82) is 0 Å². The monoisotopic (exact) mass is 407 g/mol. The summed E-state index contributed by atoms with van der Waals surface area (Å²) in [5.41, 5.74) is 6.16. The summed E-state index contributed by atoms with van der Waals surface area (Å²) in [6, 6.07) is 10.6. The third-order valence-electron chi connectivity index (χ3n) is 4.76. The number of piperazine rings is 1. The van der Waals surface area contributed by atoms with E-state index in [0.29, 0.717) is 18.7 Å². The van der Waals surface area contributed by atoms with E-state index in [4.69, 9.17) is 5.73 Å². The molecule has 0 aromatic heterocycles. The fourth-order valence-electron chi connectivity index (χ4n) is 3.40. The second-order valence-electron chi connectivity index (χ2n) is 6.56. The molecule has 2 aromatic carbocycles. The molecular formula is C20H20F3N3O3. The van der Waals surface area contributed by atoms with Crippen LogP contribution in [0.1, 0.15) is 22.0 Å². The van der Waals surface area contributed by atoms with Crippen molar-refractivity contribution in [3.8, 4) is 5.75 Å². The minimum absolute atomic E-state index is 0.0474. The van der Waals surface area contributed by atoms with E-state index in [1.54, 1.807) is 11.0 Å². The molecule has 1 saturated heterocycles. The first kappa shape index (κ1) is 20.7. The van der Waals surface area contributed by atoms with E-state index in [2.05, 4.69) is 4.74 Å². The number of nitrogens with two attached hydrogens (primary N) is 1. The number of hydrogen-bond donors (Lipinski definition) is 1. The van der Waals surface area contributed by atoms with Crippen LogP contribution in [0.3, 0.4) is 0 Å². The molecule has 0 spiro atoms. The number of hydrogen-bond acceptors (Lipinski definition) is 4. The zero-order chi connectivity index (χ0) is 21.0. The van der Waals surface area contributed by atoms with Crippen molar-refractivity contribution in [3.05, 3.63) is 65.5 Å². The highest BCUT2D eigenvalue weighted by molar-refractivity contribution is 5.97. The smallest absolute Gasteiger partial charge is 0.387 e. The molecule has 2 N–H and O–H groups in total. The summed E-state index contributed by atoms with van der Waals surface area (Å²) in [4.78, 5) is 28.1. The Bertz CT molecular complexity index is 869. The summed E-state index contributed by atoms with van der Waals surface area (Å²) in [6.45, 7) is -1.81. The Labute approximate surface area is 165 Å². The van der Waals surface area contributed by atoms with Crippen LogP contribution in [0.4, 0.5) is 13.2 Å². The van der Waals surface area contributed by atoms with Gasteiger partial charge in [-0.1, -0.05) is 24.3 Å². The second kappa shape index (κ2) is 8.95. The molecular weight excluding hydrogens is 387 g/mol. The van der Waals surface area contributed by atoms with E-state index in [0.717, 1.165) is 0 Å². The Morgan fingerprint density at radius 2 is 1.59 bits per heavy atom. The van der Waals surface area contributed by atoms with Gasteiger partial charge in [0, 0.05) is 26.2 Å². The molecule has 6 nitrogen and oxygen atoms in total. The van der Waals surface area contributed by atoms with Crippen molar-refractivity contribution >= 4 is 11.8 Å². The highest BCUT2D eigenvalue weighted by Crippen LogP contribution is 2.25. The molecule has 9 heteroatoms. The van der Waals surface area contributed by atoms with Crippen LogP contribution in [0.2, 0.25) is 0 Å². The third kappa shape index (κ3) is 4.86. The molecule has 2 amide bonds. The Morgan fingerprint density at radius 3 is 2.17 bits per heavy atom. The molecule has 3 rings (SSSR count). The van der Waals surface area contributed by atoms with Crippen LogP contribution in [0.5, 0.6) is 5.75 Å². The summed E-state index contributed by atoms with van der Waals surface area (Å²) in [5.74, 6) is -1.61. The molecule has 0 aliphatic carbocycles. The van der Waals surface area contributed by atoms with Crippen LogP contribution in [0, 0.1) is 5.82 Å². The van der Waals surface area contributed by atoms with Gasteiger partial charge in [-0.05, 0) is 29.8 Å². The van der Waals surface area contributed by atoms with Gasteiger partial charge in [0.15, 0.2) is 0 Å². The Morgan fingerprint density at radius 1 is 0.966 bits per heavy atom. The van der Waals surface area contributed by atoms with Crippen LogP contribution in [-0.2, 0) is 4.79 Å². The van der Waals surface area contributed by atoms with Gasteiger partial charge in [-0.2, -0.15) is 8.78 Å². The number of primary amides is 1. The number of benzene rings is 2. The van der Waals surface area contributed by atoms with E-state index in [9.17, 15) is 22.8 Å². The van der Waals surface area contributed by atoms with Crippen LogP contribution < -0.4 is 10.5 Å². The molecule has 1 heterocycles. The number of nitrogens with zero attached hydrogens (tertiary/aromatic N) is 2. The standard InChI is InChI=1S/C20H20F3N3O3/c21-14-7-5-13(6-8-14)17(18(24)27)25-9-11-26(12-10-25)19(28)15-3-1-2-4-16(15)29-20(22)23/h1-8,17,20H,9-12H2,(H2,24,27). The molecule has 2 aromatic rings. The number of rotatable bonds is 6. The van der Waals surface area contributed by atoms with Gasteiger partial charge in [0.05, 0.1) is 5.56 Å². The maximum absolute atomic E-state index is 13.2. The molecule has 1 aliphatic heterocycles. The molecule has 0 bridgehead atoms. The van der Waals surface area contributed by atoms with Crippen molar-refractivity contribution in [2.24, 2.45) is 5.73 Å². The molecule has 29 heavy (non-hydrogen) atoms. The molecule has 0 radical (unpaired) electrons. The van der Waals surface area contributed by atoms with E-state index in [1.165, 1.54) is 47.4 Å².